The summed E-state index contributed by atoms with van der Waals surface area (Å²) in [7, 11) is 0. The topological polar surface area (TPSA) is 59.0 Å². The third-order valence-corrected chi connectivity index (χ3v) is 4.55. The number of hydrogen-bond donors (Lipinski definition) is 1. The fourth-order valence-electron chi connectivity index (χ4n) is 2.62. The summed E-state index contributed by atoms with van der Waals surface area (Å²) in [4.78, 5) is 14.2. The zero-order chi connectivity index (χ0) is 15.0. The van der Waals surface area contributed by atoms with Crippen molar-refractivity contribution >= 4 is 27.9 Å². The third-order valence-electron chi connectivity index (χ3n) is 3.86. The van der Waals surface area contributed by atoms with Crippen LogP contribution in [0.15, 0.2) is 23.2 Å². The zero-order valence-electron chi connectivity index (χ0n) is 11.4. The Bertz CT molecular complexity index is 589. The lowest BCUT2D eigenvalue weighted by atomic mass is 10.0. The minimum atomic E-state index is -0.580. The smallest absolute Gasteiger partial charge is 0.260 e. The summed E-state index contributed by atoms with van der Waals surface area (Å²) in [5.41, 5.74) is 1.35. The molecule has 0 spiro atoms. The lowest BCUT2D eigenvalue weighted by molar-refractivity contribution is -0.0696. The van der Waals surface area contributed by atoms with Gasteiger partial charge in [-0.1, -0.05) is 28.6 Å². The van der Waals surface area contributed by atoms with Gasteiger partial charge in [-0.05, 0) is 24.1 Å². The maximum atomic E-state index is 12.6. The Labute approximate surface area is 131 Å². The molecule has 1 amide bonds. The number of fused-ring (bicyclic) bond motifs is 1. The van der Waals surface area contributed by atoms with E-state index in [4.69, 9.17) is 9.47 Å². The van der Waals surface area contributed by atoms with Gasteiger partial charge >= 0.3 is 0 Å². The van der Waals surface area contributed by atoms with E-state index >= 15 is 0 Å². The minimum Gasteiger partial charge on any atom is -0.472 e. The maximum absolute atomic E-state index is 12.6. The highest BCUT2D eigenvalue weighted by atomic mass is 79.9. The number of ether oxygens (including phenoxy) is 2. The molecule has 2 atom stereocenters. The number of halogens is 1. The first-order valence-electron chi connectivity index (χ1n) is 6.77. The second-order valence-electron chi connectivity index (χ2n) is 5.12. The largest absolute Gasteiger partial charge is 0.472 e. The predicted octanol–water partition coefficient (Wildman–Crippen LogP) is 2.03. The molecule has 2 aliphatic rings. The standard InChI is InChI=1S/C15H16BrNO4/c1-2-9-5-14-10(6-11(9)16)15(19)17(8-21-14)12-7-20-4-3-13(12)18/h2,5-6,12-13,18H,1,3-4,7-8H2/t12-,13-/m0/s1. The van der Waals surface area contributed by atoms with Crippen molar-refractivity contribution in [1.29, 1.82) is 0 Å². The molecule has 1 aromatic carbocycles. The van der Waals surface area contributed by atoms with Gasteiger partial charge in [0.05, 0.1) is 24.3 Å². The number of carbonyl (C=O) groups is 1. The molecule has 1 saturated heterocycles. The average Bonchev–Trinajstić information content (AvgIpc) is 2.49. The lowest BCUT2D eigenvalue weighted by Crippen LogP contribution is -2.54. The van der Waals surface area contributed by atoms with Crippen LogP contribution in [-0.4, -0.2) is 48.0 Å². The van der Waals surface area contributed by atoms with Crippen LogP contribution in [0.25, 0.3) is 6.08 Å². The fourth-order valence-corrected chi connectivity index (χ4v) is 3.13. The Morgan fingerprint density at radius 2 is 2.29 bits per heavy atom. The molecule has 1 N–H and O–H groups in total. The van der Waals surface area contributed by atoms with Gasteiger partial charge < -0.3 is 14.6 Å². The van der Waals surface area contributed by atoms with E-state index in [1.54, 1.807) is 18.2 Å². The number of benzene rings is 1. The van der Waals surface area contributed by atoms with E-state index < -0.39 is 6.10 Å². The lowest BCUT2D eigenvalue weighted by Gasteiger charge is -2.39. The second kappa shape index (κ2) is 5.79. The molecule has 0 aromatic heterocycles. The Morgan fingerprint density at radius 1 is 1.48 bits per heavy atom. The highest BCUT2D eigenvalue weighted by Gasteiger charge is 2.37. The molecule has 0 unspecified atom stereocenters. The van der Waals surface area contributed by atoms with Gasteiger partial charge in [0.2, 0.25) is 0 Å². The van der Waals surface area contributed by atoms with E-state index in [1.807, 2.05) is 0 Å². The average molecular weight is 354 g/mol. The number of nitrogens with zero attached hydrogens (tertiary/aromatic N) is 1. The van der Waals surface area contributed by atoms with Gasteiger partial charge in [0.1, 0.15) is 5.75 Å². The number of amides is 1. The van der Waals surface area contributed by atoms with E-state index in [0.29, 0.717) is 30.9 Å². The highest BCUT2D eigenvalue weighted by molar-refractivity contribution is 9.10. The summed E-state index contributed by atoms with van der Waals surface area (Å²) >= 11 is 3.42. The Morgan fingerprint density at radius 3 is 3.00 bits per heavy atom. The number of carbonyl (C=O) groups excluding carboxylic acids is 1. The summed E-state index contributed by atoms with van der Waals surface area (Å²) in [5.74, 6) is 0.391. The predicted molar refractivity (Wildman–Crippen MR) is 81.1 cm³/mol. The number of hydrogen-bond acceptors (Lipinski definition) is 4. The van der Waals surface area contributed by atoms with Crippen LogP contribution in [0.3, 0.4) is 0 Å². The molecular weight excluding hydrogens is 338 g/mol. The molecule has 0 bridgehead atoms. The van der Waals surface area contributed by atoms with Gasteiger partial charge in [0, 0.05) is 11.1 Å². The summed E-state index contributed by atoms with van der Waals surface area (Å²) < 4.78 is 11.8. The van der Waals surface area contributed by atoms with Gasteiger partial charge in [-0.15, -0.1) is 0 Å². The maximum Gasteiger partial charge on any atom is 0.260 e. The van der Waals surface area contributed by atoms with Crippen molar-refractivity contribution in [2.24, 2.45) is 0 Å². The molecule has 0 aliphatic carbocycles. The molecule has 21 heavy (non-hydrogen) atoms. The van der Waals surface area contributed by atoms with Crippen molar-refractivity contribution in [2.45, 2.75) is 18.6 Å². The normalized spacial score (nSPS) is 25.2. The van der Waals surface area contributed by atoms with E-state index in [0.717, 1.165) is 10.0 Å². The molecule has 3 rings (SSSR count). The van der Waals surface area contributed by atoms with Gasteiger partial charge in [-0.25, -0.2) is 0 Å². The highest BCUT2D eigenvalue weighted by Crippen LogP contribution is 2.33. The SMILES string of the molecule is C=Cc1cc2c(cc1Br)C(=O)N([C@H]1COCC[C@@H]1O)CO2. The van der Waals surface area contributed by atoms with Crippen LogP contribution < -0.4 is 4.74 Å². The van der Waals surface area contributed by atoms with Crippen molar-refractivity contribution < 1.29 is 19.4 Å². The van der Waals surface area contributed by atoms with E-state index in [-0.39, 0.29) is 18.7 Å². The minimum absolute atomic E-state index is 0.120. The monoisotopic (exact) mass is 353 g/mol. The van der Waals surface area contributed by atoms with Crippen LogP contribution in [0.4, 0.5) is 0 Å². The molecule has 5 nitrogen and oxygen atoms in total. The fraction of sp³-hybridized carbons (Fsp3) is 0.400. The molecule has 0 radical (unpaired) electrons. The first-order valence-corrected chi connectivity index (χ1v) is 7.56. The quantitative estimate of drug-likeness (QED) is 0.883. The Kier molecular flexibility index (Phi) is 4.01. The van der Waals surface area contributed by atoms with Crippen LogP contribution in [-0.2, 0) is 4.74 Å². The first-order chi connectivity index (χ1) is 10.1. The molecule has 112 valence electrons. The summed E-state index contributed by atoms with van der Waals surface area (Å²) in [5, 5.41) is 10.1. The van der Waals surface area contributed by atoms with Crippen molar-refractivity contribution in [3.05, 3.63) is 34.3 Å². The molecular formula is C15H16BrNO4. The molecule has 6 heteroatoms. The summed E-state index contributed by atoms with van der Waals surface area (Å²) in [6.07, 6.45) is 1.65. The molecule has 2 aliphatic heterocycles. The Hall–Kier alpha value is -1.37. The Balaban J connectivity index is 1.91. The van der Waals surface area contributed by atoms with E-state index in [9.17, 15) is 9.90 Å². The second-order valence-corrected chi connectivity index (χ2v) is 5.98. The number of aliphatic hydroxyl groups is 1. The van der Waals surface area contributed by atoms with Crippen molar-refractivity contribution in [3.8, 4) is 5.75 Å². The van der Waals surface area contributed by atoms with Crippen LogP contribution in [0.1, 0.15) is 22.3 Å². The summed E-state index contributed by atoms with van der Waals surface area (Å²) in [6.45, 7) is 4.70. The van der Waals surface area contributed by atoms with E-state index in [1.165, 1.54) is 4.90 Å². The summed E-state index contributed by atoms with van der Waals surface area (Å²) in [6, 6.07) is 3.16. The number of aliphatic hydroxyl groups excluding tert-OH is 1. The van der Waals surface area contributed by atoms with E-state index in [2.05, 4.69) is 22.5 Å². The van der Waals surface area contributed by atoms with Crippen LogP contribution in [0.2, 0.25) is 0 Å². The molecule has 2 heterocycles. The van der Waals surface area contributed by atoms with Crippen LogP contribution in [0, 0.1) is 0 Å². The molecule has 0 saturated carbocycles. The molecule has 1 aromatic rings. The van der Waals surface area contributed by atoms with Crippen molar-refractivity contribution in [2.75, 3.05) is 19.9 Å². The molecule has 1 fully saturated rings. The van der Waals surface area contributed by atoms with Crippen LogP contribution >= 0.6 is 15.9 Å². The first kappa shape index (κ1) is 14.6. The van der Waals surface area contributed by atoms with Gasteiger partial charge in [0.15, 0.2) is 6.73 Å². The van der Waals surface area contributed by atoms with Crippen molar-refractivity contribution in [1.82, 2.24) is 4.90 Å². The van der Waals surface area contributed by atoms with Crippen LogP contribution in [0.5, 0.6) is 5.75 Å². The number of rotatable bonds is 2. The van der Waals surface area contributed by atoms with Gasteiger partial charge in [-0.3, -0.25) is 9.69 Å². The van der Waals surface area contributed by atoms with Gasteiger partial charge in [0.25, 0.3) is 5.91 Å². The van der Waals surface area contributed by atoms with Gasteiger partial charge in [-0.2, -0.15) is 0 Å². The third kappa shape index (κ3) is 2.59. The zero-order valence-corrected chi connectivity index (χ0v) is 13.0. The van der Waals surface area contributed by atoms with Crippen molar-refractivity contribution in [3.63, 3.8) is 0 Å².